The molecule has 0 radical (unpaired) electrons. The van der Waals surface area contributed by atoms with Crippen LogP contribution < -0.4 is 20.9 Å². The van der Waals surface area contributed by atoms with Gasteiger partial charge in [0, 0.05) is 16.5 Å². The summed E-state index contributed by atoms with van der Waals surface area (Å²) in [5.41, 5.74) is 15.9. The summed E-state index contributed by atoms with van der Waals surface area (Å²) >= 11 is 1.52. The molecule has 0 unspecified atom stereocenters. The molecule has 130 valence electrons. The highest BCUT2D eigenvalue weighted by atomic mass is 32.1. The van der Waals surface area contributed by atoms with Gasteiger partial charge in [-0.05, 0) is 18.1 Å². The van der Waals surface area contributed by atoms with E-state index in [4.69, 9.17) is 20.9 Å². The summed E-state index contributed by atoms with van der Waals surface area (Å²) in [6.07, 6.45) is 1.47. The molecule has 0 saturated heterocycles. The number of thiazole rings is 1. The van der Waals surface area contributed by atoms with Crippen molar-refractivity contribution in [1.82, 2.24) is 15.0 Å². The number of methoxy groups -OCH3 is 1. The number of hydrogen-bond acceptors (Lipinski definition) is 8. The van der Waals surface area contributed by atoms with Gasteiger partial charge in [0.05, 0.1) is 24.5 Å². The van der Waals surface area contributed by atoms with Gasteiger partial charge in [0.15, 0.2) is 11.6 Å². The molecule has 0 spiro atoms. The molecule has 0 saturated carbocycles. The quantitative estimate of drug-likeness (QED) is 0.716. The lowest BCUT2D eigenvalue weighted by Crippen LogP contribution is -2.03. The third-order valence-electron chi connectivity index (χ3n) is 3.68. The Bertz CT molecular complexity index is 881. The van der Waals surface area contributed by atoms with Crippen LogP contribution in [0.25, 0.3) is 11.3 Å². The molecule has 25 heavy (non-hydrogen) atoms. The third kappa shape index (κ3) is 3.48. The number of benzene rings is 1. The normalized spacial score (nSPS) is 10.9. The molecule has 0 aliphatic heterocycles. The number of nitrogens with zero attached hydrogens (tertiary/aromatic N) is 3. The Kier molecular flexibility index (Phi) is 4.71. The molecule has 7 nitrogen and oxygen atoms in total. The number of nitrogens with two attached hydrogens (primary N) is 2. The predicted molar refractivity (Wildman–Crippen MR) is 99.1 cm³/mol. The fourth-order valence-electron chi connectivity index (χ4n) is 2.43. The molecule has 0 atom stereocenters. The molecule has 2 aromatic heterocycles. The van der Waals surface area contributed by atoms with Crippen LogP contribution in [0.15, 0.2) is 29.2 Å². The van der Waals surface area contributed by atoms with Gasteiger partial charge in [-0.25, -0.2) is 9.97 Å². The van der Waals surface area contributed by atoms with Gasteiger partial charge in [-0.2, -0.15) is 4.98 Å². The second-order valence-electron chi connectivity index (χ2n) is 5.70. The zero-order valence-electron chi connectivity index (χ0n) is 14.2. The van der Waals surface area contributed by atoms with E-state index in [2.05, 4.69) is 28.8 Å². The molecule has 3 rings (SSSR count). The maximum atomic E-state index is 6.01. The number of anilines is 2. The van der Waals surface area contributed by atoms with Crippen molar-refractivity contribution in [3.05, 3.63) is 34.8 Å². The number of ether oxygens (including phenoxy) is 2. The molecule has 8 heteroatoms. The molecule has 4 N–H and O–H groups in total. The third-order valence-corrected chi connectivity index (χ3v) is 4.27. The molecule has 0 aliphatic rings. The number of hydrogen-bond donors (Lipinski definition) is 2. The van der Waals surface area contributed by atoms with E-state index in [1.54, 1.807) is 12.6 Å². The van der Waals surface area contributed by atoms with Crippen molar-refractivity contribution in [2.45, 2.75) is 19.8 Å². The van der Waals surface area contributed by atoms with Gasteiger partial charge >= 0.3 is 0 Å². The Morgan fingerprint density at radius 2 is 1.88 bits per heavy atom. The maximum Gasteiger partial charge on any atom is 0.222 e. The topological polar surface area (TPSA) is 109 Å². The van der Waals surface area contributed by atoms with Crippen molar-refractivity contribution in [2.24, 2.45) is 0 Å². The summed E-state index contributed by atoms with van der Waals surface area (Å²) in [5, 5.41) is 1.96. The van der Waals surface area contributed by atoms with E-state index in [1.807, 2.05) is 17.5 Å². The predicted octanol–water partition coefficient (Wildman–Crippen LogP) is 3.69. The number of rotatable bonds is 5. The average molecular weight is 357 g/mol. The minimum Gasteiger partial charge on any atom is -0.496 e. The first-order valence-corrected chi connectivity index (χ1v) is 8.60. The first-order chi connectivity index (χ1) is 12.0. The molecule has 0 fully saturated rings. The zero-order chi connectivity index (χ0) is 18.0. The van der Waals surface area contributed by atoms with E-state index in [1.165, 1.54) is 17.5 Å². The lowest BCUT2D eigenvalue weighted by Gasteiger charge is -2.18. The van der Waals surface area contributed by atoms with Crippen LogP contribution in [0.4, 0.5) is 11.8 Å². The summed E-state index contributed by atoms with van der Waals surface area (Å²) in [6.45, 7) is 4.15. The van der Waals surface area contributed by atoms with Gasteiger partial charge in [0.25, 0.3) is 0 Å². The van der Waals surface area contributed by atoms with E-state index >= 15 is 0 Å². The summed E-state index contributed by atoms with van der Waals surface area (Å²) in [5.74, 6) is 2.25. The van der Waals surface area contributed by atoms with Crippen molar-refractivity contribution in [3.63, 3.8) is 0 Å². The average Bonchev–Trinajstić information content (AvgIpc) is 3.11. The molecule has 0 aliphatic carbocycles. The van der Waals surface area contributed by atoms with Crippen molar-refractivity contribution in [3.8, 4) is 28.5 Å². The molecule has 3 aromatic rings. The highest BCUT2D eigenvalue weighted by Gasteiger charge is 2.18. The Balaban J connectivity index is 2.11. The number of aromatic nitrogens is 3. The van der Waals surface area contributed by atoms with E-state index in [-0.39, 0.29) is 17.7 Å². The van der Waals surface area contributed by atoms with Gasteiger partial charge in [-0.3, -0.25) is 0 Å². The zero-order valence-corrected chi connectivity index (χ0v) is 15.0. The van der Waals surface area contributed by atoms with E-state index < -0.39 is 0 Å². The number of nitrogen functional groups attached to an aromatic ring is 2. The van der Waals surface area contributed by atoms with E-state index in [0.29, 0.717) is 11.5 Å². The smallest absolute Gasteiger partial charge is 0.222 e. The standard InChI is InChI=1S/C17H19N5O2S/c1-9(2)10-4-13(23-3)11(12-7-25-8-21-12)5-14(10)24-15-6-20-17(19)22-16(15)18/h4-9H,1-3H3,(H4,18,19,20,22). The van der Waals surface area contributed by atoms with Crippen LogP contribution in [0.3, 0.4) is 0 Å². The van der Waals surface area contributed by atoms with Crippen LogP contribution in [-0.2, 0) is 0 Å². The summed E-state index contributed by atoms with van der Waals surface area (Å²) in [4.78, 5) is 12.2. The monoisotopic (exact) mass is 357 g/mol. The highest BCUT2D eigenvalue weighted by Crippen LogP contribution is 2.41. The SMILES string of the molecule is COc1cc(C(C)C)c(Oc2cnc(N)nc2N)cc1-c1cscn1. The Hall–Kier alpha value is -2.87. The molecule has 0 bridgehead atoms. The largest absolute Gasteiger partial charge is 0.496 e. The van der Waals surface area contributed by atoms with Crippen molar-refractivity contribution < 1.29 is 9.47 Å². The van der Waals surface area contributed by atoms with Crippen LogP contribution in [0, 0.1) is 0 Å². The van der Waals surface area contributed by atoms with Crippen molar-refractivity contribution in [2.75, 3.05) is 18.6 Å². The minimum absolute atomic E-state index is 0.104. The Morgan fingerprint density at radius 3 is 2.48 bits per heavy atom. The lowest BCUT2D eigenvalue weighted by atomic mass is 9.98. The molecular formula is C17H19N5O2S. The second kappa shape index (κ2) is 6.94. The lowest BCUT2D eigenvalue weighted by molar-refractivity contribution is 0.412. The van der Waals surface area contributed by atoms with Crippen LogP contribution in [0.5, 0.6) is 17.2 Å². The van der Waals surface area contributed by atoms with Gasteiger partial charge in [-0.1, -0.05) is 13.8 Å². The second-order valence-corrected chi connectivity index (χ2v) is 6.42. The Labute approximate surface area is 149 Å². The van der Waals surface area contributed by atoms with Crippen LogP contribution in [-0.4, -0.2) is 22.1 Å². The summed E-state index contributed by atoms with van der Waals surface area (Å²) in [7, 11) is 1.64. The fraction of sp³-hybridized carbons (Fsp3) is 0.235. The van der Waals surface area contributed by atoms with Crippen molar-refractivity contribution >= 4 is 23.1 Å². The van der Waals surface area contributed by atoms with E-state index in [0.717, 1.165) is 22.6 Å². The molecular weight excluding hydrogens is 338 g/mol. The summed E-state index contributed by atoms with van der Waals surface area (Å²) in [6, 6.07) is 3.86. The highest BCUT2D eigenvalue weighted by molar-refractivity contribution is 7.07. The van der Waals surface area contributed by atoms with Gasteiger partial charge in [-0.15, -0.1) is 11.3 Å². The van der Waals surface area contributed by atoms with Gasteiger partial charge in [0.2, 0.25) is 5.95 Å². The van der Waals surface area contributed by atoms with Gasteiger partial charge in [0.1, 0.15) is 11.5 Å². The van der Waals surface area contributed by atoms with Crippen molar-refractivity contribution in [1.29, 1.82) is 0 Å². The van der Waals surface area contributed by atoms with E-state index in [9.17, 15) is 0 Å². The first-order valence-electron chi connectivity index (χ1n) is 7.66. The van der Waals surface area contributed by atoms with Crippen LogP contribution >= 0.6 is 11.3 Å². The first kappa shape index (κ1) is 17.0. The van der Waals surface area contributed by atoms with Gasteiger partial charge < -0.3 is 20.9 Å². The Morgan fingerprint density at radius 1 is 1.08 bits per heavy atom. The molecule has 0 amide bonds. The van der Waals surface area contributed by atoms with Crippen LogP contribution in [0.1, 0.15) is 25.3 Å². The molecule has 2 heterocycles. The van der Waals surface area contributed by atoms with Crippen LogP contribution in [0.2, 0.25) is 0 Å². The summed E-state index contributed by atoms with van der Waals surface area (Å²) < 4.78 is 11.6. The maximum absolute atomic E-state index is 6.01. The fourth-order valence-corrected chi connectivity index (χ4v) is 2.98. The molecule has 1 aromatic carbocycles. The minimum atomic E-state index is 0.104.